The first-order chi connectivity index (χ1) is 11.6. The molecule has 0 aliphatic carbocycles. The van der Waals surface area contributed by atoms with Gasteiger partial charge in [0.2, 0.25) is 0 Å². The molecule has 2 heterocycles. The Balaban J connectivity index is 1.60. The predicted octanol–water partition coefficient (Wildman–Crippen LogP) is 2.73. The highest BCUT2D eigenvalue weighted by atomic mass is 32.2. The summed E-state index contributed by atoms with van der Waals surface area (Å²) < 4.78 is 1.86. The van der Waals surface area contributed by atoms with Crippen LogP contribution in [0.25, 0.3) is 0 Å². The zero-order valence-corrected chi connectivity index (χ0v) is 14.9. The number of benzene rings is 1. The van der Waals surface area contributed by atoms with Crippen LogP contribution in [0.5, 0.6) is 0 Å². The van der Waals surface area contributed by atoms with E-state index in [1.807, 2.05) is 53.2 Å². The molecule has 0 saturated carbocycles. The highest BCUT2D eigenvalue weighted by molar-refractivity contribution is 7.98. The predicted molar refractivity (Wildman–Crippen MR) is 95.0 cm³/mol. The van der Waals surface area contributed by atoms with Crippen molar-refractivity contribution in [1.29, 1.82) is 0 Å². The minimum atomic E-state index is -0.567. The summed E-state index contributed by atoms with van der Waals surface area (Å²) in [5.41, 5.74) is 0.732. The van der Waals surface area contributed by atoms with Gasteiger partial charge in [-0.25, -0.2) is 4.98 Å². The second-order valence-corrected chi connectivity index (χ2v) is 7.08. The summed E-state index contributed by atoms with van der Waals surface area (Å²) in [5, 5.41) is 10.5. The summed E-state index contributed by atoms with van der Waals surface area (Å²) in [6.07, 6.45) is 6.59. The molecule has 1 aliphatic rings. The first-order valence-corrected chi connectivity index (χ1v) is 9.41. The van der Waals surface area contributed by atoms with Gasteiger partial charge in [0.15, 0.2) is 0 Å². The number of hydrogen-bond donors (Lipinski definition) is 1. The lowest BCUT2D eigenvalue weighted by molar-refractivity contribution is 0.0420. The Morgan fingerprint density at radius 1 is 1.29 bits per heavy atom. The molecule has 1 aliphatic heterocycles. The van der Waals surface area contributed by atoms with E-state index >= 15 is 0 Å². The number of hydrogen-bond acceptors (Lipinski definition) is 4. The van der Waals surface area contributed by atoms with Crippen LogP contribution in [0.2, 0.25) is 0 Å². The molecule has 1 atom stereocenters. The lowest BCUT2D eigenvalue weighted by Gasteiger charge is -2.34. The highest BCUT2D eigenvalue weighted by Crippen LogP contribution is 2.30. The maximum Gasteiger partial charge on any atom is 0.253 e. The third kappa shape index (κ3) is 3.49. The fraction of sp³-hybridized carbons (Fsp3) is 0.444. The minimum Gasteiger partial charge on any atom is -0.385 e. The average Bonchev–Trinajstić information content (AvgIpc) is 3.06. The van der Waals surface area contributed by atoms with Gasteiger partial charge in [-0.1, -0.05) is 0 Å². The molecule has 1 aromatic carbocycles. The van der Waals surface area contributed by atoms with Gasteiger partial charge in [0, 0.05) is 43.0 Å². The van der Waals surface area contributed by atoms with E-state index in [2.05, 4.69) is 4.98 Å². The van der Waals surface area contributed by atoms with E-state index in [1.165, 1.54) is 0 Å². The van der Waals surface area contributed by atoms with Gasteiger partial charge in [0.25, 0.3) is 5.91 Å². The summed E-state index contributed by atoms with van der Waals surface area (Å²) in [6, 6.07) is 7.75. The average molecular weight is 345 g/mol. The van der Waals surface area contributed by atoms with Crippen LogP contribution in [-0.4, -0.2) is 44.8 Å². The molecule has 2 aromatic rings. The summed E-state index contributed by atoms with van der Waals surface area (Å²) in [5.74, 6) is 0.925. The van der Waals surface area contributed by atoms with E-state index in [0.717, 1.165) is 23.3 Å². The molecule has 0 spiro atoms. The van der Waals surface area contributed by atoms with E-state index in [0.29, 0.717) is 18.9 Å². The molecular formula is C18H23N3O2S. The van der Waals surface area contributed by atoms with Crippen LogP contribution >= 0.6 is 11.8 Å². The highest BCUT2D eigenvalue weighted by Gasteiger charge is 2.30. The third-order valence-electron chi connectivity index (χ3n) is 4.73. The van der Waals surface area contributed by atoms with Crippen LogP contribution in [0, 0.1) is 5.92 Å². The summed E-state index contributed by atoms with van der Waals surface area (Å²) in [4.78, 5) is 19.9. The molecule has 1 saturated heterocycles. The van der Waals surface area contributed by atoms with Crippen molar-refractivity contribution in [3.63, 3.8) is 0 Å². The summed E-state index contributed by atoms with van der Waals surface area (Å²) in [7, 11) is 1.89. The van der Waals surface area contributed by atoms with Gasteiger partial charge in [-0.05, 0) is 49.3 Å². The largest absolute Gasteiger partial charge is 0.385 e. The number of aryl methyl sites for hydroxylation is 1. The minimum absolute atomic E-state index is 0.0765. The Kier molecular flexibility index (Phi) is 5.26. The normalized spacial score (nSPS) is 17.0. The Bertz CT molecular complexity index is 691. The van der Waals surface area contributed by atoms with Crippen molar-refractivity contribution in [2.24, 2.45) is 13.0 Å². The van der Waals surface area contributed by atoms with Crippen LogP contribution in [0.3, 0.4) is 0 Å². The van der Waals surface area contributed by atoms with Crippen LogP contribution in [0.1, 0.15) is 35.1 Å². The third-order valence-corrected chi connectivity index (χ3v) is 5.48. The SMILES string of the molecule is CSc1ccc(C(=O)N2CCC(C(O)c3nccn3C)CC2)cc1. The maximum absolute atomic E-state index is 12.6. The van der Waals surface area contributed by atoms with E-state index in [1.54, 1.807) is 18.0 Å². The molecule has 1 amide bonds. The maximum atomic E-state index is 12.6. The molecule has 128 valence electrons. The fourth-order valence-electron chi connectivity index (χ4n) is 3.21. The van der Waals surface area contributed by atoms with Gasteiger partial charge in [0.1, 0.15) is 11.9 Å². The Hall–Kier alpha value is -1.79. The van der Waals surface area contributed by atoms with Crippen LogP contribution in [-0.2, 0) is 7.05 Å². The number of piperidine rings is 1. The van der Waals surface area contributed by atoms with Crippen molar-refractivity contribution in [1.82, 2.24) is 14.5 Å². The van der Waals surface area contributed by atoms with E-state index in [9.17, 15) is 9.90 Å². The number of nitrogens with zero attached hydrogens (tertiary/aromatic N) is 3. The zero-order valence-electron chi connectivity index (χ0n) is 14.1. The van der Waals surface area contributed by atoms with Gasteiger partial charge in [0.05, 0.1) is 0 Å². The number of aliphatic hydroxyl groups excluding tert-OH is 1. The molecule has 1 N–H and O–H groups in total. The Morgan fingerprint density at radius 3 is 2.50 bits per heavy atom. The molecule has 1 aromatic heterocycles. The monoisotopic (exact) mass is 345 g/mol. The Morgan fingerprint density at radius 2 is 1.96 bits per heavy atom. The number of aromatic nitrogens is 2. The van der Waals surface area contributed by atoms with Gasteiger partial charge < -0.3 is 14.6 Å². The molecule has 24 heavy (non-hydrogen) atoms. The lowest BCUT2D eigenvalue weighted by atomic mass is 9.90. The molecule has 0 radical (unpaired) electrons. The number of carbonyl (C=O) groups is 1. The topological polar surface area (TPSA) is 58.4 Å². The molecule has 1 fully saturated rings. The number of amides is 1. The smallest absolute Gasteiger partial charge is 0.253 e. The second kappa shape index (κ2) is 7.40. The van der Waals surface area contributed by atoms with Gasteiger partial charge in [-0.3, -0.25) is 4.79 Å². The van der Waals surface area contributed by atoms with Crippen molar-refractivity contribution in [2.75, 3.05) is 19.3 Å². The number of thioether (sulfide) groups is 1. The van der Waals surface area contributed by atoms with Crippen LogP contribution < -0.4 is 0 Å². The molecule has 6 heteroatoms. The number of rotatable bonds is 4. The van der Waals surface area contributed by atoms with Crippen molar-refractivity contribution in [3.05, 3.63) is 48.0 Å². The Labute approximate surface area is 146 Å². The number of imidazole rings is 1. The summed E-state index contributed by atoms with van der Waals surface area (Å²) >= 11 is 1.67. The van der Waals surface area contributed by atoms with Gasteiger partial charge in [-0.2, -0.15) is 0 Å². The van der Waals surface area contributed by atoms with E-state index in [4.69, 9.17) is 0 Å². The van der Waals surface area contributed by atoms with Crippen molar-refractivity contribution >= 4 is 17.7 Å². The van der Waals surface area contributed by atoms with Crippen molar-refractivity contribution in [2.45, 2.75) is 23.8 Å². The standard InChI is InChI=1S/C18H23N3O2S/c1-20-12-9-19-17(20)16(22)13-7-10-21(11-8-13)18(23)14-3-5-15(24-2)6-4-14/h3-6,9,12-13,16,22H,7-8,10-11H2,1-2H3. The van der Waals surface area contributed by atoms with Gasteiger partial charge in [-0.15, -0.1) is 11.8 Å². The number of likely N-dealkylation sites (tertiary alicyclic amines) is 1. The second-order valence-electron chi connectivity index (χ2n) is 6.20. The van der Waals surface area contributed by atoms with Crippen LogP contribution in [0.4, 0.5) is 0 Å². The van der Waals surface area contributed by atoms with Crippen molar-refractivity contribution in [3.8, 4) is 0 Å². The van der Waals surface area contributed by atoms with Crippen LogP contribution in [0.15, 0.2) is 41.6 Å². The molecular weight excluding hydrogens is 322 g/mol. The number of carbonyl (C=O) groups excluding carboxylic acids is 1. The lowest BCUT2D eigenvalue weighted by Crippen LogP contribution is -2.40. The van der Waals surface area contributed by atoms with Gasteiger partial charge >= 0.3 is 0 Å². The fourth-order valence-corrected chi connectivity index (χ4v) is 3.62. The van der Waals surface area contributed by atoms with E-state index < -0.39 is 6.10 Å². The molecule has 3 rings (SSSR count). The quantitative estimate of drug-likeness (QED) is 0.866. The van der Waals surface area contributed by atoms with E-state index in [-0.39, 0.29) is 11.8 Å². The molecule has 0 bridgehead atoms. The first-order valence-electron chi connectivity index (χ1n) is 8.18. The molecule has 1 unspecified atom stereocenters. The zero-order chi connectivity index (χ0) is 17.1. The first kappa shape index (κ1) is 17.0. The number of aliphatic hydroxyl groups is 1. The molecule has 5 nitrogen and oxygen atoms in total. The summed E-state index contributed by atoms with van der Waals surface area (Å²) in [6.45, 7) is 1.35. The van der Waals surface area contributed by atoms with Crippen molar-refractivity contribution < 1.29 is 9.90 Å².